The molecule has 1 N–H and O–H groups in total. The lowest BCUT2D eigenvalue weighted by Crippen LogP contribution is -2.57. The normalized spacial score (nSPS) is 25.8. The van der Waals surface area contributed by atoms with Gasteiger partial charge in [0, 0.05) is 37.6 Å². The minimum atomic E-state index is 0.144. The number of nitrogens with zero attached hydrogens (tertiary/aromatic N) is 3. The van der Waals surface area contributed by atoms with E-state index < -0.39 is 0 Å². The Morgan fingerprint density at radius 3 is 2.69 bits per heavy atom. The second-order valence-electron chi connectivity index (χ2n) is 4.36. The molecule has 2 atom stereocenters. The maximum absolute atomic E-state index is 12.1. The SMILES string of the molecule is CC1CNCC(C)N1C(=O)Cn1cccn1. The first-order valence-corrected chi connectivity index (χ1v) is 5.68. The predicted octanol–water partition coefficient (Wildman–Crippen LogP) is 0.0919. The van der Waals surface area contributed by atoms with Crippen molar-refractivity contribution in [2.45, 2.75) is 32.5 Å². The van der Waals surface area contributed by atoms with Crippen molar-refractivity contribution in [3.63, 3.8) is 0 Å². The van der Waals surface area contributed by atoms with E-state index >= 15 is 0 Å². The third kappa shape index (κ3) is 2.24. The summed E-state index contributed by atoms with van der Waals surface area (Å²) < 4.78 is 1.67. The van der Waals surface area contributed by atoms with Crippen LogP contribution < -0.4 is 5.32 Å². The second kappa shape index (κ2) is 4.65. The maximum Gasteiger partial charge on any atom is 0.244 e. The zero-order valence-electron chi connectivity index (χ0n) is 9.76. The summed E-state index contributed by atoms with van der Waals surface area (Å²) in [7, 11) is 0. The van der Waals surface area contributed by atoms with Crippen molar-refractivity contribution < 1.29 is 4.79 Å². The molecule has 88 valence electrons. The van der Waals surface area contributed by atoms with Crippen LogP contribution in [-0.4, -0.2) is 45.8 Å². The molecule has 1 aliphatic rings. The molecule has 1 aromatic rings. The molecule has 0 spiro atoms. The lowest BCUT2D eigenvalue weighted by Gasteiger charge is -2.39. The summed E-state index contributed by atoms with van der Waals surface area (Å²) in [6.07, 6.45) is 3.51. The quantitative estimate of drug-likeness (QED) is 0.771. The summed E-state index contributed by atoms with van der Waals surface area (Å²) >= 11 is 0. The smallest absolute Gasteiger partial charge is 0.244 e. The molecule has 1 saturated heterocycles. The first kappa shape index (κ1) is 11.1. The molecule has 1 aliphatic heterocycles. The molecule has 0 bridgehead atoms. The Hall–Kier alpha value is -1.36. The van der Waals surface area contributed by atoms with E-state index in [-0.39, 0.29) is 18.0 Å². The van der Waals surface area contributed by atoms with Crippen molar-refractivity contribution in [1.82, 2.24) is 20.0 Å². The minimum absolute atomic E-state index is 0.144. The lowest BCUT2D eigenvalue weighted by molar-refractivity contribution is -0.137. The standard InChI is InChI=1S/C11H18N4O/c1-9-6-12-7-10(2)15(9)11(16)8-14-5-3-4-13-14/h3-5,9-10,12H,6-8H2,1-2H3. The number of nitrogens with one attached hydrogen (secondary N) is 1. The van der Waals surface area contributed by atoms with Gasteiger partial charge in [-0.2, -0.15) is 5.10 Å². The van der Waals surface area contributed by atoms with Gasteiger partial charge in [0.05, 0.1) is 0 Å². The number of hydrogen-bond donors (Lipinski definition) is 1. The summed E-state index contributed by atoms with van der Waals surface area (Å²) in [6, 6.07) is 2.34. The average molecular weight is 222 g/mol. The number of carbonyl (C=O) groups is 1. The molecular formula is C11H18N4O. The van der Waals surface area contributed by atoms with Crippen LogP contribution >= 0.6 is 0 Å². The van der Waals surface area contributed by atoms with E-state index in [1.54, 1.807) is 10.9 Å². The highest BCUT2D eigenvalue weighted by atomic mass is 16.2. The Morgan fingerprint density at radius 2 is 2.12 bits per heavy atom. The molecule has 1 fully saturated rings. The number of rotatable bonds is 2. The number of amides is 1. The third-order valence-corrected chi connectivity index (χ3v) is 2.97. The van der Waals surface area contributed by atoms with Gasteiger partial charge >= 0.3 is 0 Å². The van der Waals surface area contributed by atoms with Gasteiger partial charge in [0.15, 0.2) is 0 Å². The highest BCUT2D eigenvalue weighted by Crippen LogP contribution is 2.10. The van der Waals surface area contributed by atoms with Crippen LogP contribution in [0.5, 0.6) is 0 Å². The topological polar surface area (TPSA) is 50.2 Å². The predicted molar refractivity (Wildman–Crippen MR) is 60.9 cm³/mol. The Labute approximate surface area is 95.4 Å². The van der Waals surface area contributed by atoms with Crippen molar-refractivity contribution in [1.29, 1.82) is 0 Å². The Balaban J connectivity index is 2.02. The molecule has 5 heteroatoms. The van der Waals surface area contributed by atoms with Crippen molar-refractivity contribution in [2.75, 3.05) is 13.1 Å². The van der Waals surface area contributed by atoms with Crippen molar-refractivity contribution >= 4 is 5.91 Å². The summed E-state index contributed by atoms with van der Waals surface area (Å²) in [6.45, 7) is 6.22. The van der Waals surface area contributed by atoms with Crippen LogP contribution in [0.3, 0.4) is 0 Å². The maximum atomic E-state index is 12.1. The summed E-state index contributed by atoms with van der Waals surface area (Å²) in [5, 5.41) is 7.37. The fraction of sp³-hybridized carbons (Fsp3) is 0.636. The van der Waals surface area contributed by atoms with Gasteiger partial charge in [0.1, 0.15) is 6.54 Å². The number of piperazine rings is 1. The molecule has 0 aliphatic carbocycles. The van der Waals surface area contributed by atoms with E-state index in [1.807, 2.05) is 17.2 Å². The van der Waals surface area contributed by atoms with Gasteiger partial charge in [-0.3, -0.25) is 9.48 Å². The molecule has 0 aromatic carbocycles. The Morgan fingerprint density at radius 1 is 1.44 bits per heavy atom. The highest BCUT2D eigenvalue weighted by molar-refractivity contribution is 5.76. The molecule has 0 radical (unpaired) electrons. The molecule has 2 unspecified atom stereocenters. The Kier molecular flexibility index (Phi) is 3.24. The highest BCUT2D eigenvalue weighted by Gasteiger charge is 2.28. The van der Waals surface area contributed by atoms with E-state index in [0.717, 1.165) is 13.1 Å². The van der Waals surface area contributed by atoms with Crippen LogP contribution in [0.25, 0.3) is 0 Å². The molecule has 5 nitrogen and oxygen atoms in total. The third-order valence-electron chi connectivity index (χ3n) is 2.97. The Bertz CT molecular complexity index is 339. The van der Waals surface area contributed by atoms with E-state index in [4.69, 9.17) is 0 Å². The zero-order chi connectivity index (χ0) is 11.5. The first-order chi connectivity index (χ1) is 7.68. The van der Waals surface area contributed by atoms with Crippen LogP contribution in [0.2, 0.25) is 0 Å². The van der Waals surface area contributed by atoms with Crippen LogP contribution in [-0.2, 0) is 11.3 Å². The van der Waals surface area contributed by atoms with E-state index in [9.17, 15) is 4.79 Å². The fourth-order valence-corrected chi connectivity index (χ4v) is 2.24. The van der Waals surface area contributed by atoms with E-state index in [1.165, 1.54) is 0 Å². The van der Waals surface area contributed by atoms with Crippen LogP contribution in [0.15, 0.2) is 18.5 Å². The van der Waals surface area contributed by atoms with E-state index in [2.05, 4.69) is 24.3 Å². The number of hydrogen-bond acceptors (Lipinski definition) is 3. The van der Waals surface area contributed by atoms with Gasteiger partial charge in [0.25, 0.3) is 0 Å². The summed E-state index contributed by atoms with van der Waals surface area (Å²) in [5.74, 6) is 0.144. The fourth-order valence-electron chi connectivity index (χ4n) is 2.24. The van der Waals surface area contributed by atoms with Gasteiger partial charge < -0.3 is 10.2 Å². The monoisotopic (exact) mass is 222 g/mol. The molecule has 2 heterocycles. The van der Waals surface area contributed by atoms with E-state index in [0.29, 0.717) is 6.54 Å². The van der Waals surface area contributed by atoms with Gasteiger partial charge in [-0.1, -0.05) is 0 Å². The summed E-state index contributed by atoms with van der Waals surface area (Å²) in [4.78, 5) is 14.1. The van der Waals surface area contributed by atoms with Crippen LogP contribution in [0.1, 0.15) is 13.8 Å². The first-order valence-electron chi connectivity index (χ1n) is 5.68. The molecule has 2 rings (SSSR count). The zero-order valence-corrected chi connectivity index (χ0v) is 9.76. The minimum Gasteiger partial charge on any atom is -0.333 e. The lowest BCUT2D eigenvalue weighted by atomic mass is 10.1. The number of carbonyl (C=O) groups excluding carboxylic acids is 1. The summed E-state index contributed by atoms with van der Waals surface area (Å²) in [5.41, 5.74) is 0. The van der Waals surface area contributed by atoms with Crippen molar-refractivity contribution in [2.24, 2.45) is 0 Å². The van der Waals surface area contributed by atoms with Gasteiger partial charge in [-0.25, -0.2) is 0 Å². The number of aromatic nitrogens is 2. The molecule has 1 aromatic heterocycles. The van der Waals surface area contributed by atoms with Gasteiger partial charge in [0.2, 0.25) is 5.91 Å². The van der Waals surface area contributed by atoms with Crippen LogP contribution in [0.4, 0.5) is 0 Å². The molecule has 1 amide bonds. The molecule has 0 saturated carbocycles. The van der Waals surface area contributed by atoms with Crippen molar-refractivity contribution in [3.8, 4) is 0 Å². The van der Waals surface area contributed by atoms with Crippen molar-refractivity contribution in [3.05, 3.63) is 18.5 Å². The van der Waals surface area contributed by atoms with Gasteiger partial charge in [-0.15, -0.1) is 0 Å². The molecular weight excluding hydrogens is 204 g/mol. The van der Waals surface area contributed by atoms with Gasteiger partial charge in [-0.05, 0) is 19.9 Å². The average Bonchev–Trinajstić information content (AvgIpc) is 2.70. The molecule has 16 heavy (non-hydrogen) atoms. The largest absolute Gasteiger partial charge is 0.333 e. The van der Waals surface area contributed by atoms with Crippen LogP contribution in [0, 0.1) is 0 Å². The second-order valence-corrected chi connectivity index (χ2v) is 4.36.